The number of nitrogens with zero attached hydrogens (tertiary/aromatic N) is 4. The van der Waals surface area contributed by atoms with Crippen molar-refractivity contribution < 1.29 is 27.9 Å². The van der Waals surface area contributed by atoms with Crippen LogP contribution in [0.25, 0.3) is 0 Å². The van der Waals surface area contributed by atoms with E-state index >= 15 is 0 Å². The lowest BCUT2D eigenvalue weighted by molar-refractivity contribution is -0.137. The highest BCUT2D eigenvalue weighted by atomic mass is 19.4. The van der Waals surface area contributed by atoms with Crippen molar-refractivity contribution in [1.29, 1.82) is 0 Å². The lowest BCUT2D eigenvalue weighted by Crippen LogP contribution is -2.32. The van der Waals surface area contributed by atoms with E-state index < -0.39 is 23.6 Å². The molecule has 2 aliphatic rings. The van der Waals surface area contributed by atoms with Gasteiger partial charge >= 0.3 is 12.1 Å². The zero-order chi connectivity index (χ0) is 31.4. The zero-order valence-electron chi connectivity index (χ0n) is 23.7. The highest BCUT2D eigenvalue weighted by Crippen LogP contribution is 2.31. The molecule has 2 aromatic carbocycles. The van der Waals surface area contributed by atoms with Crippen molar-refractivity contribution >= 4 is 34.9 Å². The van der Waals surface area contributed by atoms with Crippen molar-refractivity contribution in [2.24, 2.45) is 5.73 Å². The fourth-order valence-corrected chi connectivity index (χ4v) is 4.47. The number of alkyl halides is 3. The van der Waals surface area contributed by atoms with Crippen molar-refractivity contribution in [2.75, 3.05) is 22.1 Å². The minimum absolute atomic E-state index is 0.0633. The largest absolute Gasteiger partial charge is 0.477 e. The number of benzene rings is 2. The maximum absolute atomic E-state index is 13.1. The second-order valence-corrected chi connectivity index (χ2v) is 10.6. The molecule has 10 nitrogen and oxygen atoms in total. The molecule has 0 spiro atoms. The Labute approximate surface area is 251 Å². The standard InChI is InChI=1S/C28H23F3N6O3.C3H7N/c1-16-5-6-20(34-25(38)17-3-2-4-19(11-17)28(29,30)31)12-24(16)37-10-9-22-18(15-37)13-33-27(36-22)35-21-7-8-23(26(39)40)32-14-21;4-3-1-2-3/h2-8,11-14H,9-10,15H2,1H3,(H,34,38)(H,39,40)(H,33,35,36);3H,1-2,4H2. The SMILES string of the molecule is Cc1ccc(NC(=O)c2cccc(C(F)(F)F)c2)cc1N1CCc2nc(Nc3ccc(C(=O)O)nc3)ncc2C1.NC1CC1. The van der Waals surface area contributed by atoms with Gasteiger partial charge in [-0.3, -0.25) is 4.79 Å². The Kier molecular flexibility index (Phi) is 8.76. The Balaban J connectivity index is 0.000000888. The summed E-state index contributed by atoms with van der Waals surface area (Å²) >= 11 is 0. The summed E-state index contributed by atoms with van der Waals surface area (Å²) in [5.74, 6) is -1.38. The van der Waals surface area contributed by atoms with Crippen LogP contribution in [0.2, 0.25) is 0 Å². The van der Waals surface area contributed by atoms with Crippen LogP contribution >= 0.6 is 0 Å². The van der Waals surface area contributed by atoms with Gasteiger partial charge in [-0.2, -0.15) is 13.2 Å². The van der Waals surface area contributed by atoms with Gasteiger partial charge < -0.3 is 26.4 Å². The van der Waals surface area contributed by atoms with E-state index in [9.17, 15) is 22.8 Å². The first kappa shape index (κ1) is 30.4. The van der Waals surface area contributed by atoms with Gasteiger partial charge in [0, 0.05) is 54.3 Å². The normalized spacial score (nSPS) is 14.2. The van der Waals surface area contributed by atoms with Crippen molar-refractivity contribution in [3.63, 3.8) is 0 Å². The maximum atomic E-state index is 13.1. The number of aryl methyl sites for hydroxylation is 1. The molecule has 1 fully saturated rings. The van der Waals surface area contributed by atoms with Crippen molar-refractivity contribution in [3.05, 3.63) is 101 Å². The lowest BCUT2D eigenvalue weighted by Gasteiger charge is -2.31. The third-order valence-electron chi connectivity index (χ3n) is 7.05. The number of aromatic nitrogens is 3. The first-order chi connectivity index (χ1) is 21.0. The van der Waals surface area contributed by atoms with E-state index in [0.717, 1.165) is 34.6 Å². The molecule has 1 saturated carbocycles. The molecule has 13 heteroatoms. The Morgan fingerprint density at radius 2 is 1.77 bits per heavy atom. The van der Waals surface area contributed by atoms with E-state index in [4.69, 9.17) is 10.8 Å². The molecule has 1 aliphatic carbocycles. The molecule has 0 bridgehead atoms. The third kappa shape index (κ3) is 7.67. The molecule has 1 aliphatic heterocycles. The summed E-state index contributed by atoms with van der Waals surface area (Å²) in [7, 11) is 0. The van der Waals surface area contributed by atoms with Gasteiger partial charge in [0.1, 0.15) is 5.69 Å². The molecule has 0 atom stereocenters. The van der Waals surface area contributed by atoms with Crippen LogP contribution in [-0.4, -0.2) is 44.5 Å². The minimum Gasteiger partial charge on any atom is -0.477 e. The Bertz CT molecular complexity index is 1680. The molecule has 1 amide bonds. The summed E-state index contributed by atoms with van der Waals surface area (Å²) in [4.78, 5) is 38.7. The number of carboxylic acid groups (broad SMARTS) is 1. The quantitative estimate of drug-likeness (QED) is 0.222. The molecule has 0 saturated heterocycles. The van der Waals surface area contributed by atoms with E-state index in [1.165, 1.54) is 37.2 Å². The Morgan fingerprint density at radius 1 is 1.02 bits per heavy atom. The van der Waals surface area contributed by atoms with Crippen LogP contribution in [0.1, 0.15) is 56.1 Å². The van der Waals surface area contributed by atoms with Gasteiger partial charge in [-0.05, 0) is 67.8 Å². The number of nitrogens with two attached hydrogens (primary N) is 1. The van der Waals surface area contributed by atoms with Gasteiger partial charge in [0.25, 0.3) is 5.91 Å². The van der Waals surface area contributed by atoms with E-state index in [-0.39, 0.29) is 11.3 Å². The van der Waals surface area contributed by atoms with Crippen LogP contribution in [-0.2, 0) is 19.1 Å². The highest BCUT2D eigenvalue weighted by molar-refractivity contribution is 6.04. The molecule has 44 heavy (non-hydrogen) atoms. The number of carboxylic acids is 1. The van der Waals surface area contributed by atoms with Crippen LogP contribution in [0, 0.1) is 6.92 Å². The summed E-state index contributed by atoms with van der Waals surface area (Å²) in [6, 6.07) is 13.2. The van der Waals surface area contributed by atoms with Crippen LogP contribution in [0.3, 0.4) is 0 Å². The number of nitrogens with one attached hydrogen (secondary N) is 2. The molecule has 228 valence electrons. The highest BCUT2D eigenvalue weighted by Gasteiger charge is 2.31. The number of carbonyl (C=O) groups excluding carboxylic acids is 1. The van der Waals surface area contributed by atoms with Gasteiger partial charge in [-0.1, -0.05) is 12.1 Å². The monoisotopic (exact) mass is 605 g/mol. The van der Waals surface area contributed by atoms with Crippen LogP contribution in [0.4, 0.5) is 36.2 Å². The number of hydrogen-bond donors (Lipinski definition) is 4. The zero-order valence-corrected chi connectivity index (χ0v) is 23.7. The van der Waals surface area contributed by atoms with Crippen molar-refractivity contribution in [1.82, 2.24) is 15.0 Å². The maximum Gasteiger partial charge on any atom is 0.416 e. The smallest absolute Gasteiger partial charge is 0.416 e. The molecular weight excluding hydrogens is 575 g/mol. The van der Waals surface area contributed by atoms with Crippen LogP contribution in [0.5, 0.6) is 0 Å². The number of rotatable bonds is 6. The lowest BCUT2D eigenvalue weighted by atomic mass is 10.0. The van der Waals surface area contributed by atoms with E-state index in [1.54, 1.807) is 24.4 Å². The van der Waals surface area contributed by atoms with Gasteiger partial charge in [0.2, 0.25) is 5.95 Å². The van der Waals surface area contributed by atoms with E-state index in [0.29, 0.717) is 42.9 Å². The van der Waals surface area contributed by atoms with Gasteiger partial charge in [-0.25, -0.2) is 19.7 Å². The summed E-state index contributed by atoms with van der Waals surface area (Å²) in [5.41, 5.74) is 8.85. The number of carbonyl (C=O) groups is 2. The number of aromatic carboxylic acids is 1. The summed E-state index contributed by atoms with van der Waals surface area (Å²) in [5, 5.41) is 14.7. The summed E-state index contributed by atoms with van der Waals surface area (Å²) in [6.45, 7) is 3.11. The van der Waals surface area contributed by atoms with Crippen molar-refractivity contribution in [3.8, 4) is 0 Å². The summed E-state index contributed by atoms with van der Waals surface area (Å²) in [6.07, 6.45) is 1.74. The predicted molar refractivity (Wildman–Crippen MR) is 159 cm³/mol. The number of halogens is 3. The van der Waals surface area contributed by atoms with E-state index in [2.05, 4.69) is 30.5 Å². The number of hydrogen-bond acceptors (Lipinski definition) is 8. The minimum atomic E-state index is -4.54. The van der Waals surface area contributed by atoms with Crippen LogP contribution < -0.4 is 21.3 Å². The molecule has 0 unspecified atom stereocenters. The predicted octanol–water partition coefficient (Wildman–Crippen LogP) is 5.56. The fraction of sp³-hybridized carbons (Fsp3) is 0.258. The average Bonchev–Trinajstić information content (AvgIpc) is 3.80. The molecule has 0 radical (unpaired) electrons. The Hall–Kier alpha value is -5.04. The number of fused-ring (bicyclic) bond motifs is 1. The molecule has 4 aromatic rings. The fourth-order valence-electron chi connectivity index (χ4n) is 4.47. The van der Waals surface area contributed by atoms with Crippen LogP contribution in [0.15, 0.2) is 67.0 Å². The molecule has 3 heterocycles. The van der Waals surface area contributed by atoms with Gasteiger partial charge in [0.15, 0.2) is 0 Å². The van der Waals surface area contributed by atoms with Gasteiger partial charge in [0.05, 0.1) is 23.1 Å². The topological polar surface area (TPSA) is 146 Å². The Morgan fingerprint density at radius 3 is 2.43 bits per heavy atom. The first-order valence-electron chi connectivity index (χ1n) is 13.9. The molecule has 6 rings (SSSR count). The number of pyridine rings is 1. The summed E-state index contributed by atoms with van der Waals surface area (Å²) < 4.78 is 39.2. The molecule has 5 N–H and O–H groups in total. The molecular formula is C31H30F3N7O3. The number of anilines is 4. The number of amides is 1. The molecule has 2 aromatic heterocycles. The third-order valence-corrected chi connectivity index (χ3v) is 7.05. The second-order valence-electron chi connectivity index (χ2n) is 10.6. The average molecular weight is 606 g/mol. The first-order valence-corrected chi connectivity index (χ1v) is 13.9. The van der Waals surface area contributed by atoms with Gasteiger partial charge in [-0.15, -0.1) is 0 Å². The van der Waals surface area contributed by atoms with Crippen molar-refractivity contribution in [2.45, 2.75) is 44.9 Å². The second kappa shape index (κ2) is 12.7. The van der Waals surface area contributed by atoms with E-state index in [1.807, 2.05) is 13.0 Å².